The Labute approximate surface area is 167 Å². The first-order valence-electron chi connectivity index (χ1n) is 8.88. The van der Waals surface area contributed by atoms with Gasteiger partial charge < -0.3 is 10.4 Å². The highest BCUT2D eigenvalue weighted by atomic mass is 35.5. The van der Waals surface area contributed by atoms with Crippen molar-refractivity contribution in [2.75, 3.05) is 5.75 Å². The first-order chi connectivity index (χ1) is 13.1. The second kappa shape index (κ2) is 7.89. The molecule has 1 aromatic heterocycles. The zero-order valence-corrected chi connectivity index (χ0v) is 16.1. The number of para-hydroxylation sites is 1. The first-order valence-corrected chi connectivity index (χ1v) is 10.2. The highest BCUT2D eigenvalue weighted by Crippen LogP contribution is 2.30. The monoisotopic (exact) mass is 398 g/mol. The lowest BCUT2D eigenvalue weighted by Gasteiger charge is -2.13. The fourth-order valence-corrected chi connectivity index (χ4v) is 4.04. The summed E-state index contributed by atoms with van der Waals surface area (Å²) in [4.78, 5) is 17.3. The molecule has 1 unspecified atom stereocenters. The van der Waals surface area contributed by atoms with Crippen molar-refractivity contribution in [3.8, 4) is 0 Å². The molecule has 1 heterocycles. The number of carbonyl (C=O) groups excluding carboxylic acids is 1. The van der Waals surface area contributed by atoms with Crippen LogP contribution in [-0.2, 0) is 0 Å². The highest BCUT2D eigenvalue weighted by Gasteiger charge is 2.25. The SMILES string of the molecule is O=C(NC1CC1)c1cc(SCC(O)c2ccccc2Cl)nc2ccccc12. The zero-order chi connectivity index (χ0) is 18.8. The number of nitrogens with one attached hydrogen (secondary N) is 1. The Morgan fingerprint density at radius 3 is 2.74 bits per heavy atom. The fraction of sp³-hybridized carbons (Fsp3) is 0.238. The number of halogens is 1. The molecule has 138 valence electrons. The Balaban J connectivity index is 1.58. The Morgan fingerprint density at radius 2 is 1.96 bits per heavy atom. The first kappa shape index (κ1) is 18.3. The minimum absolute atomic E-state index is 0.0652. The van der Waals surface area contributed by atoms with E-state index in [2.05, 4.69) is 10.3 Å². The van der Waals surface area contributed by atoms with Crippen LogP contribution in [0.25, 0.3) is 10.9 Å². The van der Waals surface area contributed by atoms with E-state index >= 15 is 0 Å². The highest BCUT2D eigenvalue weighted by molar-refractivity contribution is 7.99. The van der Waals surface area contributed by atoms with Crippen molar-refractivity contribution in [1.29, 1.82) is 0 Å². The second-order valence-electron chi connectivity index (χ2n) is 6.62. The summed E-state index contributed by atoms with van der Waals surface area (Å²) in [6.45, 7) is 0. The summed E-state index contributed by atoms with van der Waals surface area (Å²) in [5.74, 6) is 0.336. The second-order valence-corrected chi connectivity index (χ2v) is 8.07. The third-order valence-corrected chi connectivity index (χ3v) is 5.83. The van der Waals surface area contributed by atoms with Crippen molar-refractivity contribution >= 4 is 40.2 Å². The van der Waals surface area contributed by atoms with Crippen LogP contribution in [0.5, 0.6) is 0 Å². The third kappa shape index (κ3) is 4.26. The molecule has 6 heteroatoms. The molecule has 1 amide bonds. The number of hydrogen-bond acceptors (Lipinski definition) is 4. The van der Waals surface area contributed by atoms with E-state index in [9.17, 15) is 9.90 Å². The largest absolute Gasteiger partial charge is 0.387 e. The number of benzene rings is 2. The fourth-order valence-electron chi connectivity index (χ4n) is 2.90. The van der Waals surface area contributed by atoms with Crippen molar-refractivity contribution in [3.05, 3.63) is 70.7 Å². The van der Waals surface area contributed by atoms with E-state index in [4.69, 9.17) is 11.6 Å². The topological polar surface area (TPSA) is 62.2 Å². The van der Waals surface area contributed by atoms with Crippen LogP contribution < -0.4 is 5.32 Å². The van der Waals surface area contributed by atoms with Gasteiger partial charge in [0.2, 0.25) is 0 Å². The predicted molar refractivity (Wildman–Crippen MR) is 109 cm³/mol. The van der Waals surface area contributed by atoms with Crippen LogP contribution in [-0.4, -0.2) is 27.8 Å². The zero-order valence-electron chi connectivity index (χ0n) is 14.6. The van der Waals surface area contributed by atoms with Crippen molar-refractivity contribution in [2.24, 2.45) is 0 Å². The van der Waals surface area contributed by atoms with Crippen LogP contribution in [0.1, 0.15) is 34.9 Å². The van der Waals surface area contributed by atoms with Gasteiger partial charge >= 0.3 is 0 Å². The lowest BCUT2D eigenvalue weighted by Crippen LogP contribution is -2.25. The van der Waals surface area contributed by atoms with Gasteiger partial charge in [0.1, 0.15) is 0 Å². The predicted octanol–water partition coefficient (Wildman–Crippen LogP) is 4.61. The summed E-state index contributed by atoms with van der Waals surface area (Å²) in [6.07, 6.45) is 1.38. The van der Waals surface area contributed by atoms with Gasteiger partial charge in [-0.1, -0.05) is 48.0 Å². The maximum atomic E-state index is 12.7. The molecule has 2 N–H and O–H groups in total. The molecule has 4 rings (SSSR count). The number of aromatic nitrogens is 1. The van der Waals surface area contributed by atoms with Crippen LogP contribution >= 0.6 is 23.4 Å². The lowest BCUT2D eigenvalue weighted by molar-refractivity contribution is 0.0952. The van der Waals surface area contributed by atoms with Gasteiger partial charge in [0.05, 0.1) is 22.2 Å². The number of hydrogen-bond donors (Lipinski definition) is 2. The Hall–Kier alpha value is -2.08. The molecule has 1 fully saturated rings. The van der Waals surface area contributed by atoms with Crippen molar-refractivity contribution < 1.29 is 9.90 Å². The summed E-state index contributed by atoms with van der Waals surface area (Å²) in [7, 11) is 0. The summed E-state index contributed by atoms with van der Waals surface area (Å²) in [5, 5.41) is 15.6. The van der Waals surface area contributed by atoms with Crippen molar-refractivity contribution in [1.82, 2.24) is 10.3 Å². The average molecular weight is 399 g/mol. The van der Waals surface area contributed by atoms with Crippen LogP contribution in [0.15, 0.2) is 59.6 Å². The maximum Gasteiger partial charge on any atom is 0.252 e. The van der Waals surface area contributed by atoms with Crippen LogP contribution in [0.4, 0.5) is 0 Å². The van der Waals surface area contributed by atoms with Gasteiger partial charge in [0.25, 0.3) is 5.91 Å². The standard InChI is InChI=1S/C21H19ClN2O2S/c22-17-7-3-1-6-15(17)19(25)12-27-20-11-16(21(26)23-13-9-10-13)14-5-2-4-8-18(14)24-20/h1-8,11,13,19,25H,9-10,12H2,(H,23,26). The number of rotatable bonds is 6. The number of thioether (sulfide) groups is 1. The quantitative estimate of drug-likeness (QED) is 0.595. The molecule has 27 heavy (non-hydrogen) atoms. The number of aliphatic hydroxyl groups excluding tert-OH is 1. The van der Waals surface area contributed by atoms with Gasteiger partial charge in [0, 0.05) is 22.2 Å². The lowest BCUT2D eigenvalue weighted by atomic mass is 10.1. The molecular formula is C21H19ClN2O2S. The van der Waals surface area contributed by atoms with Gasteiger partial charge in [-0.2, -0.15) is 0 Å². The number of carbonyl (C=O) groups is 1. The van der Waals surface area contributed by atoms with Crippen LogP contribution in [0.2, 0.25) is 5.02 Å². The number of fused-ring (bicyclic) bond motifs is 1. The normalized spacial score (nSPS) is 14.9. The van der Waals surface area contributed by atoms with Crippen LogP contribution in [0, 0.1) is 0 Å². The molecule has 0 saturated heterocycles. The summed E-state index contributed by atoms with van der Waals surface area (Å²) in [5.41, 5.74) is 2.09. The van der Waals surface area contributed by atoms with E-state index < -0.39 is 6.10 Å². The van der Waals surface area contributed by atoms with E-state index in [-0.39, 0.29) is 5.91 Å². The number of pyridine rings is 1. The van der Waals surface area contributed by atoms with Gasteiger partial charge in [-0.25, -0.2) is 4.98 Å². The van der Waals surface area contributed by atoms with Gasteiger partial charge in [0.15, 0.2) is 0 Å². The summed E-state index contributed by atoms with van der Waals surface area (Å²) in [6, 6.07) is 17.0. The molecule has 1 saturated carbocycles. The van der Waals surface area contributed by atoms with E-state index in [1.807, 2.05) is 48.5 Å². The minimum Gasteiger partial charge on any atom is -0.387 e. The molecule has 1 atom stereocenters. The summed E-state index contributed by atoms with van der Waals surface area (Å²) >= 11 is 7.58. The third-order valence-electron chi connectivity index (χ3n) is 4.50. The van der Waals surface area contributed by atoms with Crippen molar-refractivity contribution in [3.63, 3.8) is 0 Å². The number of nitrogens with zero attached hydrogens (tertiary/aromatic N) is 1. The average Bonchev–Trinajstić information content (AvgIpc) is 3.49. The smallest absolute Gasteiger partial charge is 0.252 e. The van der Waals surface area contributed by atoms with E-state index in [0.717, 1.165) is 23.7 Å². The van der Waals surface area contributed by atoms with E-state index in [1.54, 1.807) is 6.07 Å². The van der Waals surface area contributed by atoms with Crippen LogP contribution in [0.3, 0.4) is 0 Å². The summed E-state index contributed by atoms with van der Waals surface area (Å²) < 4.78 is 0. The Morgan fingerprint density at radius 1 is 1.22 bits per heavy atom. The van der Waals surface area contributed by atoms with Gasteiger partial charge in [-0.15, -0.1) is 11.8 Å². The van der Waals surface area contributed by atoms with E-state index in [1.165, 1.54) is 11.8 Å². The maximum absolute atomic E-state index is 12.7. The molecule has 1 aliphatic rings. The molecule has 0 spiro atoms. The number of aliphatic hydroxyl groups is 1. The Bertz CT molecular complexity index is 991. The number of amides is 1. The Kier molecular flexibility index (Phi) is 5.34. The molecule has 0 bridgehead atoms. The van der Waals surface area contributed by atoms with E-state index in [0.29, 0.717) is 33.0 Å². The van der Waals surface area contributed by atoms with Crippen molar-refractivity contribution in [2.45, 2.75) is 30.0 Å². The molecular weight excluding hydrogens is 380 g/mol. The molecule has 4 nitrogen and oxygen atoms in total. The molecule has 0 radical (unpaired) electrons. The molecule has 1 aliphatic carbocycles. The molecule has 3 aromatic rings. The van der Waals surface area contributed by atoms with Gasteiger partial charge in [-0.3, -0.25) is 4.79 Å². The molecule has 2 aromatic carbocycles. The van der Waals surface area contributed by atoms with Gasteiger partial charge in [-0.05, 0) is 36.6 Å². The molecule has 0 aliphatic heterocycles. The minimum atomic E-state index is -0.708.